The molecule has 3 rings (SSSR count). The number of aliphatic hydroxyl groups excluding tert-OH is 1. The highest BCUT2D eigenvalue weighted by Gasteiger charge is 2.11. The number of ether oxygens (including phenoxy) is 2. The van der Waals surface area contributed by atoms with Gasteiger partial charge in [-0.2, -0.15) is 0 Å². The Balaban J connectivity index is 2.22. The predicted octanol–water partition coefficient (Wildman–Crippen LogP) is 3.14. The third-order valence-electron chi connectivity index (χ3n) is 3.58. The highest BCUT2D eigenvalue weighted by Crippen LogP contribution is 2.28. The lowest BCUT2D eigenvalue weighted by atomic mass is 10.2. The third-order valence-corrected chi connectivity index (χ3v) is 3.58. The number of aliphatic hydroxyl groups is 1. The fraction of sp³-hybridized carbons (Fsp3) is 0.176. The van der Waals surface area contributed by atoms with Gasteiger partial charge >= 0.3 is 0 Å². The first kappa shape index (κ1) is 13.5. The van der Waals surface area contributed by atoms with Crippen molar-refractivity contribution in [2.24, 2.45) is 0 Å². The molecule has 1 heterocycles. The average Bonchev–Trinajstić information content (AvgIpc) is 2.92. The van der Waals surface area contributed by atoms with Gasteiger partial charge in [0.2, 0.25) is 0 Å². The summed E-state index contributed by atoms with van der Waals surface area (Å²) in [7, 11) is 3.29. The van der Waals surface area contributed by atoms with Crippen molar-refractivity contribution >= 4 is 10.9 Å². The zero-order valence-corrected chi connectivity index (χ0v) is 12.0. The summed E-state index contributed by atoms with van der Waals surface area (Å²) >= 11 is 0. The van der Waals surface area contributed by atoms with Crippen LogP contribution in [-0.2, 0) is 6.61 Å². The van der Waals surface area contributed by atoms with Gasteiger partial charge in [0.05, 0.1) is 26.3 Å². The van der Waals surface area contributed by atoms with Crippen LogP contribution in [0.2, 0.25) is 0 Å². The molecule has 0 aliphatic heterocycles. The molecule has 2 aromatic carbocycles. The standard InChI is InChI=1S/C17H17NO3/c1-20-15-7-4-13(5-8-15)18-14(11-19)9-12-3-6-16(21-2)10-17(12)18/h3-10,19H,11H2,1-2H3. The van der Waals surface area contributed by atoms with E-state index in [9.17, 15) is 5.11 Å². The first-order valence-electron chi connectivity index (χ1n) is 6.70. The molecule has 21 heavy (non-hydrogen) atoms. The second-order valence-electron chi connectivity index (χ2n) is 4.75. The van der Waals surface area contributed by atoms with Crippen molar-refractivity contribution in [1.82, 2.24) is 4.57 Å². The number of hydrogen-bond donors (Lipinski definition) is 1. The minimum absolute atomic E-state index is 0.0248. The van der Waals surface area contributed by atoms with Gasteiger partial charge in [-0.25, -0.2) is 0 Å². The van der Waals surface area contributed by atoms with Crippen molar-refractivity contribution in [2.75, 3.05) is 14.2 Å². The van der Waals surface area contributed by atoms with Gasteiger partial charge in [0, 0.05) is 22.8 Å². The summed E-state index contributed by atoms with van der Waals surface area (Å²) in [6, 6.07) is 15.6. The normalized spacial score (nSPS) is 10.8. The lowest BCUT2D eigenvalue weighted by molar-refractivity contribution is 0.275. The highest BCUT2D eigenvalue weighted by molar-refractivity contribution is 5.84. The molecule has 0 radical (unpaired) electrons. The molecule has 4 nitrogen and oxygen atoms in total. The summed E-state index contributed by atoms with van der Waals surface area (Å²) in [6.45, 7) is -0.0248. The van der Waals surface area contributed by atoms with E-state index in [2.05, 4.69) is 0 Å². The second kappa shape index (κ2) is 5.50. The van der Waals surface area contributed by atoms with Gasteiger partial charge in [-0.15, -0.1) is 0 Å². The Kier molecular flexibility index (Phi) is 3.54. The van der Waals surface area contributed by atoms with E-state index in [1.54, 1.807) is 14.2 Å². The van der Waals surface area contributed by atoms with Gasteiger partial charge in [-0.1, -0.05) is 0 Å². The van der Waals surface area contributed by atoms with Crippen LogP contribution in [0.4, 0.5) is 0 Å². The van der Waals surface area contributed by atoms with E-state index in [0.717, 1.165) is 33.8 Å². The van der Waals surface area contributed by atoms with E-state index in [1.807, 2.05) is 53.1 Å². The first-order valence-corrected chi connectivity index (χ1v) is 6.70. The van der Waals surface area contributed by atoms with Crippen LogP contribution >= 0.6 is 0 Å². The van der Waals surface area contributed by atoms with E-state index >= 15 is 0 Å². The average molecular weight is 283 g/mol. The Morgan fingerprint density at radius 1 is 0.905 bits per heavy atom. The van der Waals surface area contributed by atoms with Crippen LogP contribution < -0.4 is 9.47 Å². The maximum Gasteiger partial charge on any atom is 0.120 e. The van der Waals surface area contributed by atoms with E-state index in [4.69, 9.17) is 9.47 Å². The number of fused-ring (bicyclic) bond motifs is 1. The zero-order valence-electron chi connectivity index (χ0n) is 12.0. The topological polar surface area (TPSA) is 43.6 Å². The molecular formula is C17H17NO3. The Morgan fingerprint density at radius 3 is 2.19 bits per heavy atom. The van der Waals surface area contributed by atoms with Crippen LogP contribution in [0, 0.1) is 0 Å². The Morgan fingerprint density at radius 2 is 1.57 bits per heavy atom. The van der Waals surface area contributed by atoms with Gasteiger partial charge in [-0.3, -0.25) is 0 Å². The summed E-state index contributed by atoms with van der Waals surface area (Å²) in [6.07, 6.45) is 0. The van der Waals surface area contributed by atoms with Crippen LogP contribution in [-0.4, -0.2) is 23.9 Å². The lowest BCUT2D eigenvalue weighted by Gasteiger charge is -2.11. The van der Waals surface area contributed by atoms with Gasteiger partial charge in [-0.05, 0) is 42.5 Å². The maximum absolute atomic E-state index is 9.63. The van der Waals surface area contributed by atoms with Crippen LogP contribution in [0.3, 0.4) is 0 Å². The van der Waals surface area contributed by atoms with Crippen molar-refractivity contribution < 1.29 is 14.6 Å². The summed E-state index contributed by atoms with van der Waals surface area (Å²) in [5.41, 5.74) is 2.81. The number of rotatable bonds is 4. The van der Waals surface area contributed by atoms with Crippen LogP contribution in [0.5, 0.6) is 11.5 Å². The molecule has 0 aliphatic carbocycles. The van der Waals surface area contributed by atoms with E-state index < -0.39 is 0 Å². The second-order valence-corrected chi connectivity index (χ2v) is 4.75. The molecule has 4 heteroatoms. The number of hydrogen-bond acceptors (Lipinski definition) is 3. The fourth-order valence-electron chi connectivity index (χ4n) is 2.52. The molecule has 0 bridgehead atoms. The van der Waals surface area contributed by atoms with Crippen LogP contribution in [0.15, 0.2) is 48.5 Å². The molecule has 0 saturated carbocycles. The van der Waals surface area contributed by atoms with E-state index in [0.29, 0.717) is 0 Å². The minimum Gasteiger partial charge on any atom is -0.497 e. The lowest BCUT2D eigenvalue weighted by Crippen LogP contribution is -2.00. The fourth-order valence-corrected chi connectivity index (χ4v) is 2.52. The molecule has 0 spiro atoms. The molecule has 1 N–H and O–H groups in total. The first-order chi connectivity index (χ1) is 10.3. The monoisotopic (exact) mass is 283 g/mol. The summed E-state index contributed by atoms with van der Waals surface area (Å²) in [4.78, 5) is 0. The largest absolute Gasteiger partial charge is 0.497 e. The van der Waals surface area contributed by atoms with Crippen LogP contribution in [0.25, 0.3) is 16.6 Å². The molecule has 0 aliphatic rings. The molecule has 0 atom stereocenters. The highest BCUT2D eigenvalue weighted by atomic mass is 16.5. The molecule has 3 aromatic rings. The smallest absolute Gasteiger partial charge is 0.120 e. The number of methoxy groups -OCH3 is 2. The molecule has 1 aromatic heterocycles. The molecular weight excluding hydrogens is 266 g/mol. The van der Waals surface area contributed by atoms with Crippen molar-refractivity contribution in [3.63, 3.8) is 0 Å². The third kappa shape index (κ3) is 2.34. The van der Waals surface area contributed by atoms with Crippen molar-refractivity contribution in [3.05, 3.63) is 54.2 Å². The van der Waals surface area contributed by atoms with Crippen molar-refractivity contribution in [1.29, 1.82) is 0 Å². The van der Waals surface area contributed by atoms with Gasteiger partial charge in [0.1, 0.15) is 11.5 Å². The molecule has 0 fully saturated rings. The Hall–Kier alpha value is -2.46. The Labute approximate surface area is 123 Å². The van der Waals surface area contributed by atoms with E-state index in [-0.39, 0.29) is 6.61 Å². The molecule has 0 amide bonds. The maximum atomic E-state index is 9.63. The van der Waals surface area contributed by atoms with Gasteiger partial charge in [0.15, 0.2) is 0 Å². The molecule has 108 valence electrons. The molecule has 0 saturated heterocycles. The number of aromatic nitrogens is 1. The summed E-state index contributed by atoms with van der Waals surface area (Å²) < 4.78 is 12.5. The Bertz CT molecular complexity index is 760. The number of benzene rings is 2. The predicted molar refractivity (Wildman–Crippen MR) is 82.3 cm³/mol. The number of nitrogens with zero attached hydrogens (tertiary/aromatic N) is 1. The quantitative estimate of drug-likeness (QED) is 0.800. The zero-order chi connectivity index (χ0) is 14.8. The van der Waals surface area contributed by atoms with Gasteiger partial charge < -0.3 is 19.1 Å². The SMILES string of the molecule is COc1ccc(-n2c(CO)cc3ccc(OC)cc32)cc1. The molecule has 0 unspecified atom stereocenters. The van der Waals surface area contributed by atoms with Crippen molar-refractivity contribution in [2.45, 2.75) is 6.61 Å². The van der Waals surface area contributed by atoms with Crippen LogP contribution in [0.1, 0.15) is 5.69 Å². The summed E-state index contributed by atoms with van der Waals surface area (Å²) in [5, 5.41) is 10.7. The van der Waals surface area contributed by atoms with E-state index in [1.165, 1.54) is 0 Å². The minimum atomic E-state index is -0.0248. The summed E-state index contributed by atoms with van der Waals surface area (Å²) in [5.74, 6) is 1.60. The van der Waals surface area contributed by atoms with Crippen molar-refractivity contribution in [3.8, 4) is 17.2 Å². The van der Waals surface area contributed by atoms with Gasteiger partial charge in [0.25, 0.3) is 0 Å².